The number of hydrogen-bond acceptors (Lipinski definition) is 3. The van der Waals surface area contributed by atoms with Gasteiger partial charge in [-0.15, -0.1) is 0 Å². The van der Waals surface area contributed by atoms with Crippen LogP contribution >= 0.6 is 0 Å². The molecule has 0 saturated heterocycles. The number of hydrogen-bond donors (Lipinski definition) is 2. The van der Waals surface area contributed by atoms with Crippen molar-refractivity contribution in [3.63, 3.8) is 0 Å². The first kappa shape index (κ1) is 11.2. The molecule has 1 aromatic rings. The summed E-state index contributed by atoms with van der Waals surface area (Å²) in [5.74, 6) is 0. The van der Waals surface area contributed by atoms with E-state index in [1.165, 1.54) is 0 Å². The highest BCUT2D eigenvalue weighted by Crippen LogP contribution is 2.22. The summed E-state index contributed by atoms with van der Waals surface area (Å²) in [5.41, 5.74) is 6.27. The van der Waals surface area contributed by atoms with Gasteiger partial charge < -0.3 is 10.8 Å². The van der Waals surface area contributed by atoms with Crippen molar-refractivity contribution in [3.8, 4) is 0 Å². The number of aliphatic hydroxyl groups excluding tert-OH is 1. The van der Waals surface area contributed by atoms with Crippen molar-refractivity contribution < 1.29 is 5.11 Å². The van der Waals surface area contributed by atoms with Crippen molar-refractivity contribution in [1.82, 2.24) is 9.78 Å². The lowest BCUT2D eigenvalue weighted by molar-refractivity contribution is 0.210. The van der Waals surface area contributed by atoms with Crippen molar-refractivity contribution in [1.29, 1.82) is 0 Å². The van der Waals surface area contributed by atoms with E-state index in [0.717, 1.165) is 5.56 Å². The molecule has 0 amide bonds. The Morgan fingerprint density at radius 2 is 2.29 bits per heavy atom. The lowest BCUT2D eigenvalue weighted by atomic mass is 9.86. The summed E-state index contributed by atoms with van der Waals surface area (Å²) in [4.78, 5) is 0. The van der Waals surface area contributed by atoms with Crippen LogP contribution in [0.1, 0.15) is 32.4 Å². The third-order valence-electron chi connectivity index (χ3n) is 2.63. The van der Waals surface area contributed by atoms with Crippen LogP contribution in [0.4, 0.5) is 0 Å². The first-order valence-electron chi connectivity index (χ1n) is 4.89. The zero-order valence-corrected chi connectivity index (χ0v) is 9.07. The highest BCUT2D eigenvalue weighted by Gasteiger charge is 2.25. The molecule has 3 N–H and O–H groups in total. The molecule has 0 aromatic carbocycles. The minimum atomic E-state index is -0.368. The molecule has 0 radical (unpaired) electrons. The Bertz CT molecular complexity index is 289. The van der Waals surface area contributed by atoms with E-state index in [-0.39, 0.29) is 12.0 Å². The lowest BCUT2D eigenvalue weighted by Crippen LogP contribution is -2.35. The summed E-state index contributed by atoms with van der Waals surface area (Å²) in [7, 11) is 0. The zero-order valence-electron chi connectivity index (χ0n) is 9.07. The van der Waals surface area contributed by atoms with Gasteiger partial charge in [-0.2, -0.15) is 5.10 Å². The van der Waals surface area contributed by atoms with Gasteiger partial charge in [0.15, 0.2) is 0 Å². The van der Waals surface area contributed by atoms with E-state index in [2.05, 4.69) is 18.9 Å². The van der Waals surface area contributed by atoms with E-state index in [1.54, 1.807) is 6.20 Å². The Kier molecular flexibility index (Phi) is 3.29. The second-order valence-electron chi connectivity index (χ2n) is 4.23. The molecular formula is C10H19N3O. The van der Waals surface area contributed by atoms with Crippen molar-refractivity contribution in [2.24, 2.45) is 5.73 Å². The highest BCUT2D eigenvalue weighted by molar-refractivity contribution is 5.19. The molecule has 14 heavy (non-hydrogen) atoms. The molecule has 4 heteroatoms. The highest BCUT2D eigenvalue weighted by atomic mass is 16.3. The number of nitrogens with zero attached hydrogens (tertiary/aromatic N) is 2. The summed E-state index contributed by atoms with van der Waals surface area (Å²) in [6.45, 7) is 6.54. The molecule has 4 nitrogen and oxygen atoms in total. The van der Waals surface area contributed by atoms with Gasteiger partial charge in [-0.1, -0.05) is 6.92 Å². The first-order valence-corrected chi connectivity index (χ1v) is 4.89. The van der Waals surface area contributed by atoms with Crippen LogP contribution in [0.15, 0.2) is 12.4 Å². The Hall–Kier alpha value is -0.870. The van der Waals surface area contributed by atoms with E-state index >= 15 is 0 Å². The third kappa shape index (κ3) is 1.96. The maximum Gasteiger partial charge on any atom is 0.0538 e. The van der Waals surface area contributed by atoms with E-state index in [4.69, 9.17) is 5.73 Å². The number of aromatic nitrogens is 2. The zero-order chi connectivity index (χ0) is 10.8. The van der Waals surface area contributed by atoms with Crippen molar-refractivity contribution in [2.45, 2.75) is 32.2 Å². The summed E-state index contributed by atoms with van der Waals surface area (Å²) < 4.78 is 1.87. The van der Waals surface area contributed by atoms with Gasteiger partial charge in [0, 0.05) is 24.2 Å². The molecule has 1 unspecified atom stereocenters. The molecule has 0 fully saturated rings. The third-order valence-corrected chi connectivity index (χ3v) is 2.63. The van der Waals surface area contributed by atoms with Gasteiger partial charge in [0.2, 0.25) is 0 Å². The molecule has 0 saturated carbocycles. The maximum atomic E-state index is 9.27. The average molecular weight is 197 g/mol. The Morgan fingerprint density at radius 3 is 2.64 bits per heavy atom. The minimum absolute atomic E-state index is 0.0489. The van der Waals surface area contributed by atoms with Gasteiger partial charge >= 0.3 is 0 Å². The summed E-state index contributed by atoms with van der Waals surface area (Å²) in [5, 5.41) is 13.5. The van der Waals surface area contributed by atoms with E-state index in [1.807, 2.05) is 17.8 Å². The molecule has 0 aliphatic carbocycles. The molecule has 1 rings (SSSR count). The predicted molar refractivity (Wildman–Crippen MR) is 56.1 cm³/mol. The second kappa shape index (κ2) is 4.11. The normalized spacial score (nSPS) is 15.9. The minimum Gasteiger partial charge on any atom is -0.395 e. The second-order valence-corrected chi connectivity index (χ2v) is 4.23. The number of aliphatic hydroxyl groups is 1. The van der Waals surface area contributed by atoms with Crippen molar-refractivity contribution >= 4 is 0 Å². The number of rotatable bonds is 4. The molecule has 0 bridgehead atoms. The van der Waals surface area contributed by atoms with Crippen LogP contribution in [0.25, 0.3) is 0 Å². The van der Waals surface area contributed by atoms with E-state index in [0.29, 0.717) is 12.6 Å². The standard InChI is InChI=1S/C10H19N3O/c1-8(2)13-5-9(4-12-13)10(3,6-11)7-14/h4-5,8,14H,6-7,11H2,1-3H3. The van der Waals surface area contributed by atoms with Gasteiger partial charge in [0.05, 0.1) is 12.8 Å². The molecule has 80 valence electrons. The maximum absolute atomic E-state index is 9.27. The Morgan fingerprint density at radius 1 is 1.64 bits per heavy atom. The predicted octanol–water partition coefficient (Wildman–Crippen LogP) is 0.673. The SMILES string of the molecule is CC(C)n1cc(C(C)(CN)CO)cn1. The molecule has 0 aliphatic heterocycles. The lowest BCUT2D eigenvalue weighted by Gasteiger charge is -2.23. The van der Waals surface area contributed by atoms with Crippen molar-refractivity contribution in [3.05, 3.63) is 18.0 Å². The summed E-state index contributed by atoms with van der Waals surface area (Å²) in [6, 6.07) is 0.337. The van der Waals surface area contributed by atoms with Crippen LogP contribution in [-0.4, -0.2) is 28.0 Å². The topological polar surface area (TPSA) is 64.1 Å². The van der Waals surface area contributed by atoms with Crippen molar-refractivity contribution in [2.75, 3.05) is 13.2 Å². The fourth-order valence-electron chi connectivity index (χ4n) is 1.21. The fraction of sp³-hybridized carbons (Fsp3) is 0.700. The fourth-order valence-corrected chi connectivity index (χ4v) is 1.21. The molecular weight excluding hydrogens is 178 g/mol. The van der Waals surface area contributed by atoms with Crippen LogP contribution in [-0.2, 0) is 5.41 Å². The van der Waals surface area contributed by atoms with Gasteiger partial charge in [0.1, 0.15) is 0 Å². The smallest absolute Gasteiger partial charge is 0.0538 e. The average Bonchev–Trinajstić information content (AvgIpc) is 2.66. The largest absolute Gasteiger partial charge is 0.395 e. The number of nitrogens with two attached hydrogens (primary N) is 1. The van der Waals surface area contributed by atoms with Gasteiger partial charge in [-0.3, -0.25) is 4.68 Å². The first-order chi connectivity index (χ1) is 6.53. The molecule has 1 atom stereocenters. The van der Waals surface area contributed by atoms with E-state index < -0.39 is 0 Å². The molecule has 1 heterocycles. The van der Waals surface area contributed by atoms with Crippen LogP contribution < -0.4 is 5.73 Å². The van der Waals surface area contributed by atoms with Gasteiger partial charge in [-0.05, 0) is 19.4 Å². The van der Waals surface area contributed by atoms with Crippen LogP contribution in [0.3, 0.4) is 0 Å². The van der Waals surface area contributed by atoms with Crippen LogP contribution in [0.2, 0.25) is 0 Å². The molecule has 0 aliphatic rings. The summed E-state index contributed by atoms with van der Waals surface area (Å²) in [6.07, 6.45) is 3.73. The monoisotopic (exact) mass is 197 g/mol. The van der Waals surface area contributed by atoms with Gasteiger partial charge in [-0.25, -0.2) is 0 Å². The quantitative estimate of drug-likeness (QED) is 0.745. The molecule has 0 spiro atoms. The Labute approximate surface area is 84.7 Å². The molecule has 1 aromatic heterocycles. The van der Waals surface area contributed by atoms with Gasteiger partial charge in [0.25, 0.3) is 0 Å². The van der Waals surface area contributed by atoms with E-state index in [9.17, 15) is 5.11 Å². The van der Waals surface area contributed by atoms with Crippen LogP contribution in [0.5, 0.6) is 0 Å². The van der Waals surface area contributed by atoms with Crippen LogP contribution in [0, 0.1) is 0 Å². The summed E-state index contributed by atoms with van der Waals surface area (Å²) >= 11 is 0. The Balaban J connectivity index is 2.95.